The van der Waals surface area contributed by atoms with Crippen LogP contribution < -0.4 is 20.1 Å². The van der Waals surface area contributed by atoms with Gasteiger partial charge in [-0.1, -0.05) is 0 Å². The molecule has 1 atom stereocenters. The van der Waals surface area contributed by atoms with E-state index in [1.54, 1.807) is 25.1 Å². The van der Waals surface area contributed by atoms with Gasteiger partial charge in [0.1, 0.15) is 11.5 Å². The van der Waals surface area contributed by atoms with Crippen LogP contribution in [0.15, 0.2) is 35.3 Å². The monoisotopic (exact) mass is 417 g/mol. The Kier molecular flexibility index (Phi) is 6.87. The number of hydrogen-bond donors (Lipinski definition) is 2. The number of amidine groups is 1. The first-order chi connectivity index (χ1) is 14.4. The topological polar surface area (TPSA) is 72.0 Å². The third kappa shape index (κ3) is 5.06. The Morgan fingerprint density at radius 1 is 1.13 bits per heavy atom. The van der Waals surface area contributed by atoms with Gasteiger partial charge in [-0.25, -0.2) is 8.78 Å². The lowest BCUT2D eigenvalue weighted by molar-refractivity contribution is 0.0939. The molecule has 1 aliphatic rings. The largest absolute Gasteiger partial charge is 0.497 e. The first-order valence-corrected chi connectivity index (χ1v) is 9.70. The summed E-state index contributed by atoms with van der Waals surface area (Å²) in [6, 6.07) is 7.18. The van der Waals surface area contributed by atoms with E-state index in [0.29, 0.717) is 24.5 Å². The highest BCUT2D eigenvalue weighted by Crippen LogP contribution is 2.27. The van der Waals surface area contributed by atoms with E-state index in [4.69, 9.17) is 9.47 Å². The van der Waals surface area contributed by atoms with E-state index in [1.807, 2.05) is 0 Å². The minimum atomic E-state index is -1.05. The van der Waals surface area contributed by atoms with Gasteiger partial charge in [0.25, 0.3) is 5.91 Å². The Hall–Kier alpha value is -3.16. The van der Waals surface area contributed by atoms with E-state index in [9.17, 15) is 13.6 Å². The van der Waals surface area contributed by atoms with Gasteiger partial charge >= 0.3 is 0 Å². The van der Waals surface area contributed by atoms with Crippen molar-refractivity contribution in [3.63, 3.8) is 0 Å². The third-order valence-electron chi connectivity index (χ3n) is 4.96. The molecule has 2 aromatic rings. The molecule has 0 fully saturated rings. The van der Waals surface area contributed by atoms with E-state index in [-0.39, 0.29) is 17.5 Å². The SMILES string of the molecule is COc1cc(OC)cc(C(C)NC(=O)c2cc(F)c(F)c(CCC3=NCCN3)c2)c1. The van der Waals surface area contributed by atoms with E-state index in [2.05, 4.69) is 15.6 Å². The number of aryl methyl sites for hydroxylation is 1. The van der Waals surface area contributed by atoms with E-state index in [0.717, 1.165) is 24.0 Å². The molecule has 0 radical (unpaired) electrons. The Morgan fingerprint density at radius 3 is 2.43 bits per heavy atom. The summed E-state index contributed by atoms with van der Waals surface area (Å²) < 4.78 is 38.8. The van der Waals surface area contributed by atoms with Crippen molar-refractivity contribution in [1.82, 2.24) is 10.6 Å². The maximum absolute atomic E-state index is 14.2. The molecule has 0 saturated carbocycles. The fourth-order valence-electron chi connectivity index (χ4n) is 3.27. The summed E-state index contributed by atoms with van der Waals surface area (Å²) in [6.45, 7) is 3.22. The van der Waals surface area contributed by atoms with Crippen LogP contribution in [0.5, 0.6) is 11.5 Å². The van der Waals surface area contributed by atoms with Crippen LogP contribution in [-0.2, 0) is 6.42 Å². The second kappa shape index (κ2) is 9.56. The molecular formula is C22H25F2N3O3. The highest BCUT2D eigenvalue weighted by Gasteiger charge is 2.18. The molecule has 1 heterocycles. The number of carbonyl (C=O) groups excluding carboxylic acids is 1. The standard InChI is InChI=1S/C22H25F2N3O3/c1-13(15-9-17(29-2)12-18(10-15)30-3)27-22(28)16-8-14(21(24)19(23)11-16)4-5-20-25-6-7-26-20/h8-13H,4-7H2,1-3H3,(H,25,26)(H,27,28). The maximum Gasteiger partial charge on any atom is 0.251 e. The zero-order valence-electron chi connectivity index (χ0n) is 17.2. The third-order valence-corrected chi connectivity index (χ3v) is 4.96. The van der Waals surface area contributed by atoms with Gasteiger partial charge < -0.3 is 20.1 Å². The number of carbonyl (C=O) groups is 1. The van der Waals surface area contributed by atoms with Crippen LogP contribution in [0.1, 0.15) is 40.9 Å². The van der Waals surface area contributed by atoms with Crippen LogP contribution in [0.3, 0.4) is 0 Å². The molecule has 30 heavy (non-hydrogen) atoms. The summed E-state index contributed by atoms with van der Waals surface area (Å²) >= 11 is 0. The maximum atomic E-state index is 14.2. The van der Waals surface area contributed by atoms with Crippen LogP contribution in [0, 0.1) is 11.6 Å². The molecule has 0 aromatic heterocycles. The summed E-state index contributed by atoms with van der Waals surface area (Å²) in [7, 11) is 3.08. The Labute approximate surface area is 174 Å². The Bertz CT molecular complexity index is 941. The molecule has 160 valence electrons. The molecule has 3 rings (SSSR count). The lowest BCUT2D eigenvalue weighted by Crippen LogP contribution is -2.27. The summed E-state index contributed by atoms with van der Waals surface area (Å²) in [5.74, 6) is -0.538. The number of rotatable bonds is 8. The Balaban J connectivity index is 1.76. The lowest BCUT2D eigenvalue weighted by atomic mass is 10.0. The molecular weight excluding hydrogens is 392 g/mol. The molecule has 1 amide bonds. The molecule has 2 N–H and O–H groups in total. The highest BCUT2D eigenvalue weighted by atomic mass is 19.2. The van der Waals surface area contributed by atoms with Crippen molar-refractivity contribution in [1.29, 1.82) is 0 Å². The van der Waals surface area contributed by atoms with Crippen molar-refractivity contribution < 1.29 is 23.0 Å². The number of nitrogens with zero attached hydrogens (tertiary/aromatic N) is 1. The van der Waals surface area contributed by atoms with Crippen molar-refractivity contribution in [3.8, 4) is 11.5 Å². The number of nitrogens with one attached hydrogen (secondary N) is 2. The van der Waals surface area contributed by atoms with Crippen molar-refractivity contribution in [3.05, 3.63) is 58.7 Å². The summed E-state index contributed by atoms with van der Waals surface area (Å²) in [4.78, 5) is 17.0. The molecule has 1 unspecified atom stereocenters. The minimum Gasteiger partial charge on any atom is -0.497 e. The highest BCUT2D eigenvalue weighted by molar-refractivity contribution is 5.94. The van der Waals surface area contributed by atoms with Crippen molar-refractivity contribution in [2.45, 2.75) is 25.8 Å². The van der Waals surface area contributed by atoms with Crippen molar-refractivity contribution in [2.24, 2.45) is 4.99 Å². The van der Waals surface area contributed by atoms with Gasteiger partial charge in [-0.15, -0.1) is 0 Å². The van der Waals surface area contributed by atoms with Crippen LogP contribution in [0.4, 0.5) is 8.78 Å². The number of benzene rings is 2. The Morgan fingerprint density at radius 2 is 1.83 bits per heavy atom. The van der Waals surface area contributed by atoms with Gasteiger partial charge in [0.05, 0.1) is 32.6 Å². The fraction of sp³-hybridized carbons (Fsp3) is 0.364. The van der Waals surface area contributed by atoms with E-state index >= 15 is 0 Å². The van der Waals surface area contributed by atoms with Crippen LogP contribution in [0.25, 0.3) is 0 Å². The smallest absolute Gasteiger partial charge is 0.251 e. The molecule has 2 aromatic carbocycles. The van der Waals surface area contributed by atoms with Crippen LogP contribution >= 0.6 is 0 Å². The predicted octanol–water partition coefficient (Wildman–Crippen LogP) is 3.41. The molecule has 1 aliphatic heterocycles. The minimum absolute atomic E-state index is 0.0620. The second-order valence-corrected chi connectivity index (χ2v) is 7.03. The second-order valence-electron chi connectivity index (χ2n) is 7.03. The number of amides is 1. The fourth-order valence-corrected chi connectivity index (χ4v) is 3.27. The van der Waals surface area contributed by atoms with E-state index < -0.39 is 23.6 Å². The normalized spacial score (nSPS) is 14.0. The number of hydrogen-bond acceptors (Lipinski definition) is 5. The summed E-state index contributed by atoms with van der Waals surface area (Å²) in [5, 5.41) is 5.91. The summed E-state index contributed by atoms with van der Waals surface area (Å²) in [5.41, 5.74) is 0.965. The zero-order chi connectivity index (χ0) is 21.7. The van der Waals surface area contributed by atoms with Crippen molar-refractivity contribution >= 4 is 11.7 Å². The number of aliphatic imine (C=N–C) groups is 1. The lowest BCUT2D eigenvalue weighted by Gasteiger charge is -2.17. The molecule has 0 aliphatic carbocycles. The molecule has 0 bridgehead atoms. The number of methoxy groups -OCH3 is 2. The van der Waals surface area contributed by atoms with Gasteiger partial charge in [-0.2, -0.15) is 0 Å². The molecule has 8 heteroatoms. The number of halogens is 2. The van der Waals surface area contributed by atoms with Crippen LogP contribution in [-0.4, -0.2) is 39.1 Å². The first-order valence-electron chi connectivity index (χ1n) is 9.70. The zero-order valence-corrected chi connectivity index (χ0v) is 17.2. The van der Waals surface area contributed by atoms with Crippen LogP contribution in [0.2, 0.25) is 0 Å². The van der Waals surface area contributed by atoms with Gasteiger partial charge in [0.15, 0.2) is 11.6 Å². The quantitative estimate of drug-likeness (QED) is 0.691. The first kappa shape index (κ1) is 21.5. The van der Waals surface area contributed by atoms with E-state index in [1.165, 1.54) is 20.3 Å². The molecule has 0 saturated heterocycles. The van der Waals surface area contributed by atoms with Crippen molar-refractivity contribution in [2.75, 3.05) is 27.3 Å². The molecule has 0 spiro atoms. The summed E-state index contributed by atoms with van der Waals surface area (Å²) in [6.07, 6.45) is 0.708. The predicted molar refractivity (Wildman–Crippen MR) is 110 cm³/mol. The average Bonchev–Trinajstić information content (AvgIpc) is 3.27. The van der Waals surface area contributed by atoms with Gasteiger partial charge in [0.2, 0.25) is 0 Å². The van der Waals surface area contributed by atoms with Gasteiger partial charge in [-0.05, 0) is 48.7 Å². The average molecular weight is 417 g/mol. The molecule has 6 nitrogen and oxygen atoms in total. The number of ether oxygens (including phenoxy) is 2. The van der Waals surface area contributed by atoms with Gasteiger partial charge in [-0.3, -0.25) is 9.79 Å². The van der Waals surface area contributed by atoms with Gasteiger partial charge in [0, 0.05) is 24.6 Å².